The van der Waals surface area contributed by atoms with E-state index in [1.54, 1.807) is 0 Å². The number of nitrogens with two attached hydrogens (primary N) is 1. The number of nitrogens with zero attached hydrogens (tertiary/aromatic N) is 2. The fourth-order valence-electron chi connectivity index (χ4n) is 2.79. The van der Waals surface area contributed by atoms with Crippen molar-refractivity contribution in [3.05, 3.63) is 29.5 Å². The Morgan fingerprint density at radius 1 is 1.35 bits per heavy atom. The van der Waals surface area contributed by atoms with Crippen molar-refractivity contribution >= 4 is 10.9 Å². The van der Waals surface area contributed by atoms with Crippen LogP contribution in [-0.4, -0.2) is 9.78 Å². The van der Waals surface area contributed by atoms with Crippen LogP contribution >= 0.6 is 0 Å². The molecule has 0 atom stereocenters. The molecule has 0 amide bonds. The Balaban J connectivity index is 1.95. The molecule has 0 aliphatic heterocycles. The predicted octanol–water partition coefficient (Wildman–Crippen LogP) is 2.40. The molecule has 4 rings (SSSR count). The van der Waals surface area contributed by atoms with Gasteiger partial charge in [-0.1, -0.05) is 6.07 Å². The van der Waals surface area contributed by atoms with Gasteiger partial charge in [0.25, 0.3) is 0 Å². The minimum absolute atomic E-state index is 0.0369. The molecule has 3 heteroatoms. The summed E-state index contributed by atoms with van der Waals surface area (Å²) >= 11 is 0. The quantitative estimate of drug-likeness (QED) is 0.856. The maximum Gasteiger partial charge on any atom is 0.0926 e. The van der Waals surface area contributed by atoms with Crippen molar-refractivity contribution in [2.75, 3.05) is 0 Å². The van der Waals surface area contributed by atoms with Gasteiger partial charge in [-0.05, 0) is 43.4 Å². The molecule has 1 aromatic carbocycles. The van der Waals surface area contributed by atoms with Crippen molar-refractivity contribution in [1.29, 1.82) is 0 Å². The number of benzene rings is 1. The fraction of sp³-hybridized carbons (Fsp3) is 0.500. The van der Waals surface area contributed by atoms with Crippen LogP contribution in [0.5, 0.6) is 0 Å². The molecule has 2 fully saturated rings. The zero-order valence-electron chi connectivity index (χ0n) is 10.1. The number of fused-ring (bicyclic) bond motifs is 1. The van der Waals surface area contributed by atoms with Gasteiger partial charge in [0.2, 0.25) is 0 Å². The highest BCUT2D eigenvalue weighted by Gasteiger charge is 2.40. The van der Waals surface area contributed by atoms with Gasteiger partial charge in [-0.2, -0.15) is 5.10 Å². The third-order valence-electron chi connectivity index (χ3n) is 4.21. The molecule has 2 aromatic rings. The van der Waals surface area contributed by atoms with Crippen molar-refractivity contribution < 1.29 is 0 Å². The van der Waals surface area contributed by atoms with Crippen LogP contribution in [0.25, 0.3) is 10.9 Å². The van der Waals surface area contributed by atoms with Crippen LogP contribution in [0.2, 0.25) is 0 Å². The molecule has 17 heavy (non-hydrogen) atoms. The van der Waals surface area contributed by atoms with E-state index in [2.05, 4.69) is 35.0 Å². The molecule has 2 saturated carbocycles. The lowest BCUT2D eigenvalue weighted by atomic mass is 10.0. The Bertz CT molecular complexity index is 603. The van der Waals surface area contributed by atoms with Crippen LogP contribution in [0.4, 0.5) is 0 Å². The lowest BCUT2D eigenvalue weighted by Crippen LogP contribution is -2.18. The van der Waals surface area contributed by atoms with Gasteiger partial charge < -0.3 is 5.73 Å². The van der Waals surface area contributed by atoms with Crippen LogP contribution in [0.1, 0.15) is 42.9 Å². The van der Waals surface area contributed by atoms with Crippen molar-refractivity contribution in [3.8, 4) is 0 Å². The SMILES string of the molecule is Cn1nc2ccc(C3(N)CC3)cc2c1C1CC1. The second kappa shape index (κ2) is 2.91. The van der Waals surface area contributed by atoms with Gasteiger partial charge in [0, 0.05) is 29.6 Å². The van der Waals surface area contributed by atoms with E-state index >= 15 is 0 Å². The first-order chi connectivity index (χ1) is 8.17. The Hall–Kier alpha value is -1.35. The second-order valence-corrected chi connectivity index (χ2v) is 5.67. The van der Waals surface area contributed by atoms with Crippen molar-refractivity contribution in [2.24, 2.45) is 12.8 Å². The molecule has 1 aromatic heterocycles. The summed E-state index contributed by atoms with van der Waals surface area (Å²) in [6.07, 6.45) is 4.87. The Labute approximate surface area is 101 Å². The molecule has 0 bridgehead atoms. The van der Waals surface area contributed by atoms with E-state index in [0.29, 0.717) is 0 Å². The van der Waals surface area contributed by atoms with Crippen LogP contribution < -0.4 is 5.73 Å². The number of aryl methyl sites for hydroxylation is 1. The molecule has 0 radical (unpaired) electrons. The summed E-state index contributed by atoms with van der Waals surface area (Å²) in [4.78, 5) is 0. The molecule has 0 spiro atoms. The van der Waals surface area contributed by atoms with Crippen molar-refractivity contribution in [3.63, 3.8) is 0 Å². The minimum atomic E-state index is -0.0369. The summed E-state index contributed by atoms with van der Waals surface area (Å²) in [5, 5.41) is 5.92. The Morgan fingerprint density at radius 3 is 2.76 bits per heavy atom. The van der Waals surface area contributed by atoms with E-state index in [1.807, 2.05) is 0 Å². The standard InChI is InChI=1S/C14H17N3/c1-17-13(9-2-3-9)11-8-10(14(15)6-7-14)4-5-12(11)16-17/h4-5,8-9H,2-3,6-7,15H2,1H3. The Morgan fingerprint density at radius 2 is 2.12 bits per heavy atom. The van der Waals surface area contributed by atoms with Crippen LogP contribution in [0, 0.1) is 0 Å². The molecule has 2 aliphatic rings. The van der Waals surface area contributed by atoms with Crippen LogP contribution in [-0.2, 0) is 12.6 Å². The smallest absolute Gasteiger partial charge is 0.0926 e. The normalized spacial score (nSPS) is 22.0. The molecule has 2 aliphatic carbocycles. The summed E-state index contributed by atoms with van der Waals surface area (Å²) in [6, 6.07) is 6.56. The summed E-state index contributed by atoms with van der Waals surface area (Å²) < 4.78 is 2.06. The van der Waals surface area contributed by atoms with E-state index in [0.717, 1.165) is 24.3 Å². The highest BCUT2D eigenvalue weighted by molar-refractivity contribution is 5.83. The van der Waals surface area contributed by atoms with Gasteiger partial charge in [0.05, 0.1) is 5.52 Å². The second-order valence-electron chi connectivity index (χ2n) is 5.67. The molecule has 3 nitrogen and oxygen atoms in total. The topological polar surface area (TPSA) is 43.8 Å². The number of rotatable bonds is 2. The third-order valence-corrected chi connectivity index (χ3v) is 4.21. The Kier molecular flexibility index (Phi) is 1.65. The van der Waals surface area contributed by atoms with Crippen LogP contribution in [0.15, 0.2) is 18.2 Å². The number of hydrogen-bond acceptors (Lipinski definition) is 2. The monoisotopic (exact) mass is 227 g/mol. The summed E-state index contributed by atoms with van der Waals surface area (Å²) in [5.41, 5.74) is 10.1. The van der Waals surface area contributed by atoms with Gasteiger partial charge >= 0.3 is 0 Å². The molecule has 0 unspecified atom stereocenters. The largest absolute Gasteiger partial charge is 0.321 e. The lowest BCUT2D eigenvalue weighted by molar-refractivity contribution is 0.723. The van der Waals surface area contributed by atoms with E-state index < -0.39 is 0 Å². The maximum absolute atomic E-state index is 6.28. The average Bonchev–Trinajstić information content (AvgIpc) is 3.20. The molecule has 0 saturated heterocycles. The summed E-state index contributed by atoms with van der Waals surface area (Å²) in [5.74, 6) is 0.730. The van der Waals surface area contributed by atoms with Crippen molar-refractivity contribution in [2.45, 2.75) is 37.1 Å². The maximum atomic E-state index is 6.28. The third kappa shape index (κ3) is 1.35. The highest BCUT2D eigenvalue weighted by Crippen LogP contribution is 2.46. The van der Waals surface area contributed by atoms with E-state index in [1.165, 1.54) is 29.5 Å². The van der Waals surface area contributed by atoms with Crippen molar-refractivity contribution in [1.82, 2.24) is 9.78 Å². The predicted molar refractivity (Wildman–Crippen MR) is 67.8 cm³/mol. The molecule has 88 valence electrons. The first kappa shape index (κ1) is 9.66. The minimum Gasteiger partial charge on any atom is -0.321 e. The van der Waals surface area contributed by atoms with E-state index in [-0.39, 0.29) is 5.54 Å². The zero-order chi connectivity index (χ0) is 11.6. The van der Waals surface area contributed by atoms with Gasteiger partial charge in [-0.15, -0.1) is 0 Å². The van der Waals surface area contributed by atoms with Gasteiger partial charge in [-0.25, -0.2) is 0 Å². The van der Waals surface area contributed by atoms with Gasteiger partial charge in [-0.3, -0.25) is 4.68 Å². The molecular formula is C14H17N3. The molecule has 1 heterocycles. The summed E-state index contributed by atoms with van der Waals surface area (Å²) in [7, 11) is 2.06. The fourth-order valence-corrected chi connectivity index (χ4v) is 2.79. The summed E-state index contributed by atoms with van der Waals surface area (Å²) in [6.45, 7) is 0. The average molecular weight is 227 g/mol. The van der Waals surface area contributed by atoms with E-state index in [4.69, 9.17) is 5.73 Å². The number of aromatic nitrogens is 2. The molecular weight excluding hydrogens is 210 g/mol. The van der Waals surface area contributed by atoms with Crippen LogP contribution in [0.3, 0.4) is 0 Å². The van der Waals surface area contributed by atoms with Gasteiger partial charge in [0.1, 0.15) is 0 Å². The lowest BCUT2D eigenvalue weighted by Gasteiger charge is -2.09. The first-order valence-corrected chi connectivity index (χ1v) is 6.43. The molecule has 2 N–H and O–H groups in total. The zero-order valence-corrected chi connectivity index (χ0v) is 10.1. The van der Waals surface area contributed by atoms with Gasteiger partial charge in [0.15, 0.2) is 0 Å². The highest BCUT2D eigenvalue weighted by atomic mass is 15.3. The number of hydrogen-bond donors (Lipinski definition) is 1. The first-order valence-electron chi connectivity index (χ1n) is 6.43. The van der Waals surface area contributed by atoms with E-state index in [9.17, 15) is 0 Å².